The number of para-hydroxylation sites is 1. The van der Waals surface area contributed by atoms with Crippen LogP contribution in [0.25, 0.3) is 5.69 Å². The van der Waals surface area contributed by atoms with E-state index in [2.05, 4.69) is 65.5 Å². The molecule has 7 heteroatoms. The van der Waals surface area contributed by atoms with Crippen molar-refractivity contribution in [3.05, 3.63) is 83.2 Å². The summed E-state index contributed by atoms with van der Waals surface area (Å²) in [7, 11) is 1.86. The Balaban J connectivity index is 0.00000306. The van der Waals surface area contributed by atoms with E-state index in [1.54, 1.807) is 0 Å². The van der Waals surface area contributed by atoms with Crippen LogP contribution in [0.2, 0.25) is 0 Å². The molecule has 0 radical (unpaired) electrons. The maximum atomic E-state index is 5.97. The summed E-state index contributed by atoms with van der Waals surface area (Å²) in [5.74, 6) is 1.48. The number of halogens is 1. The standard InChI is InChI=1S/C26H33N5O.HI/c1-20-25(21(2)31(29-20)24-12-8-5-9-13-24)16-28-26(27-3)30-15-14-23(17-30)19-32-18-22-10-6-4-7-11-22;/h4-13,23H,14-19H2,1-3H3,(H,27,28);1H. The minimum Gasteiger partial charge on any atom is -0.376 e. The lowest BCUT2D eigenvalue weighted by atomic mass is 10.1. The molecule has 0 amide bonds. The van der Waals surface area contributed by atoms with Gasteiger partial charge in [-0.2, -0.15) is 5.10 Å². The molecular weight excluding hydrogens is 525 g/mol. The van der Waals surface area contributed by atoms with E-state index in [-0.39, 0.29) is 24.0 Å². The molecule has 1 saturated heterocycles. The van der Waals surface area contributed by atoms with E-state index in [0.717, 1.165) is 49.2 Å². The van der Waals surface area contributed by atoms with Crippen LogP contribution < -0.4 is 5.32 Å². The first-order valence-corrected chi connectivity index (χ1v) is 11.3. The number of aliphatic imine (C=N–C) groups is 1. The Morgan fingerprint density at radius 3 is 2.48 bits per heavy atom. The molecule has 2 aromatic carbocycles. The molecule has 0 aliphatic carbocycles. The minimum absolute atomic E-state index is 0. The van der Waals surface area contributed by atoms with Crippen LogP contribution in [-0.2, 0) is 17.9 Å². The third-order valence-corrected chi connectivity index (χ3v) is 6.13. The number of nitrogens with one attached hydrogen (secondary N) is 1. The molecule has 0 spiro atoms. The summed E-state index contributed by atoms with van der Waals surface area (Å²) in [6, 6.07) is 20.6. The van der Waals surface area contributed by atoms with Gasteiger partial charge in [0.25, 0.3) is 0 Å². The molecule has 2 heterocycles. The third kappa shape index (κ3) is 6.35. The first-order valence-electron chi connectivity index (χ1n) is 11.3. The second-order valence-electron chi connectivity index (χ2n) is 8.40. The average molecular weight is 559 g/mol. The van der Waals surface area contributed by atoms with Gasteiger partial charge in [-0.25, -0.2) is 4.68 Å². The molecule has 1 N–H and O–H groups in total. The smallest absolute Gasteiger partial charge is 0.193 e. The lowest BCUT2D eigenvalue weighted by Gasteiger charge is -2.22. The molecule has 176 valence electrons. The van der Waals surface area contributed by atoms with Crippen LogP contribution in [0.5, 0.6) is 0 Å². The van der Waals surface area contributed by atoms with Crippen LogP contribution in [-0.4, -0.2) is 47.4 Å². The van der Waals surface area contributed by atoms with Crippen LogP contribution in [0.4, 0.5) is 0 Å². The van der Waals surface area contributed by atoms with Gasteiger partial charge in [0, 0.05) is 43.9 Å². The quantitative estimate of drug-likeness (QED) is 0.259. The highest BCUT2D eigenvalue weighted by atomic mass is 127. The largest absolute Gasteiger partial charge is 0.376 e. The number of aryl methyl sites for hydroxylation is 1. The second-order valence-corrected chi connectivity index (χ2v) is 8.40. The van der Waals surface area contributed by atoms with E-state index < -0.39 is 0 Å². The van der Waals surface area contributed by atoms with Crippen LogP contribution in [0.15, 0.2) is 65.7 Å². The van der Waals surface area contributed by atoms with Gasteiger partial charge in [0.1, 0.15) is 0 Å². The van der Waals surface area contributed by atoms with E-state index in [0.29, 0.717) is 19.1 Å². The van der Waals surface area contributed by atoms with Gasteiger partial charge in [-0.15, -0.1) is 24.0 Å². The fourth-order valence-electron chi connectivity index (χ4n) is 4.33. The van der Waals surface area contributed by atoms with Gasteiger partial charge in [-0.1, -0.05) is 48.5 Å². The van der Waals surface area contributed by atoms with Crippen molar-refractivity contribution in [2.75, 3.05) is 26.7 Å². The van der Waals surface area contributed by atoms with Crippen molar-refractivity contribution in [3.63, 3.8) is 0 Å². The molecule has 1 aliphatic rings. The van der Waals surface area contributed by atoms with Gasteiger partial charge in [-0.05, 0) is 38.0 Å². The zero-order valence-corrected chi connectivity index (χ0v) is 22.0. The summed E-state index contributed by atoms with van der Waals surface area (Å²) in [6.45, 7) is 8.34. The number of hydrogen-bond acceptors (Lipinski definition) is 3. The maximum absolute atomic E-state index is 5.97. The maximum Gasteiger partial charge on any atom is 0.193 e. The molecular formula is C26H34IN5O. The Bertz CT molecular complexity index is 1040. The van der Waals surface area contributed by atoms with E-state index in [9.17, 15) is 0 Å². The summed E-state index contributed by atoms with van der Waals surface area (Å²) in [4.78, 5) is 6.87. The van der Waals surface area contributed by atoms with Crippen LogP contribution in [0.3, 0.4) is 0 Å². The van der Waals surface area contributed by atoms with Crippen LogP contribution in [0, 0.1) is 19.8 Å². The van der Waals surface area contributed by atoms with Crippen molar-refractivity contribution in [3.8, 4) is 5.69 Å². The fourth-order valence-corrected chi connectivity index (χ4v) is 4.33. The molecule has 1 aromatic heterocycles. The number of rotatable bonds is 7. The van der Waals surface area contributed by atoms with Gasteiger partial charge in [0.05, 0.1) is 24.6 Å². The number of likely N-dealkylation sites (tertiary alicyclic amines) is 1. The van der Waals surface area contributed by atoms with Crippen LogP contribution >= 0.6 is 24.0 Å². The van der Waals surface area contributed by atoms with Crippen molar-refractivity contribution in [1.82, 2.24) is 20.0 Å². The average Bonchev–Trinajstić information content (AvgIpc) is 3.40. The molecule has 6 nitrogen and oxygen atoms in total. The van der Waals surface area contributed by atoms with Gasteiger partial charge >= 0.3 is 0 Å². The topological polar surface area (TPSA) is 54.7 Å². The molecule has 33 heavy (non-hydrogen) atoms. The molecule has 1 aliphatic heterocycles. The lowest BCUT2D eigenvalue weighted by molar-refractivity contribution is 0.0906. The van der Waals surface area contributed by atoms with Gasteiger partial charge in [-0.3, -0.25) is 4.99 Å². The number of guanidine groups is 1. The highest BCUT2D eigenvalue weighted by Gasteiger charge is 2.25. The van der Waals surface area contributed by atoms with Gasteiger partial charge in [0.15, 0.2) is 5.96 Å². The van der Waals surface area contributed by atoms with E-state index in [1.807, 2.05) is 36.0 Å². The van der Waals surface area contributed by atoms with Crippen molar-refractivity contribution in [1.29, 1.82) is 0 Å². The summed E-state index contributed by atoms with van der Waals surface area (Å²) in [5, 5.41) is 8.32. The SMILES string of the molecule is CN=C(NCc1c(C)nn(-c2ccccc2)c1C)N1CCC(COCc2ccccc2)C1.I. The number of aromatic nitrogens is 2. The Hall–Kier alpha value is -2.39. The Morgan fingerprint density at radius 2 is 1.79 bits per heavy atom. The highest BCUT2D eigenvalue weighted by molar-refractivity contribution is 14.0. The predicted octanol–water partition coefficient (Wildman–Crippen LogP) is 4.72. The van der Waals surface area contributed by atoms with E-state index >= 15 is 0 Å². The molecule has 1 fully saturated rings. The second kappa shape index (κ2) is 12.2. The first kappa shape index (κ1) is 25.2. The number of nitrogens with zero attached hydrogens (tertiary/aromatic N) is 4. The molecule has 1 unspecified atom stereocenters. The predicted molar refractivity (Wildman–Crippen MR) is 144 cm³/mol. The highest BCUT2D eigenvalue weighted by Crippen LogP contribution is 2.20. The molecule has 0 bridgehead atoms. The fraction of sp³-hybridized carbons (Fsp3) is 0.385. The summed E-state index contributed by atoms with van der Waals surface area (Å²) >= 11 is 0. The van der Waals surface area contributed by atoms with Gasteiger partial charge < -0.3 is 15.0 Å². The van der Waals surface area contributed by atoms with Crippen molar-refractivity contribution < 1.29 is 4.74 Å². The summed E-state index contributed by atoms with van der Waals surface area (Å²) < 4.78 is 7.99. The third-order valence-electron chi connectivity index (χ3n) is 6.13. The van der Waals surface area contributed by atoms with Gasteiger partial charge in [0.2, 0.25) is 0 Å². The Kier molecular flexibility index (Phi) is 9.31. The molecule has 1 atom stereocenters. The zero-order valence-electron chi connectivity index (χ0n) is 19.7. The zero-order chi connectivity index (χ0) is 22.3. The normalized spacial score (nSPS) is 16.0. The van der Waals surface area contributed by atoms with E-state index in [4.69, 9.17) is 9.84 Å². The van der Waals surface area contributed by atoms with Crippen LogP contribution in [0.1, 0.15) is 28.9 Å². The molecule has 4 rings (SSSR count). The van der Waals surface area contributed by atoms with E-state index in [1.165, 1.54) is 11.1 Å². The number of ether oxygens (including phenoxy) is 1. The minimum atomic E-state index is 0. The van der Waals surface area contributed by atoms with Crippen molar-refractivity contribution in [2.45, 2.75) is 33.4 Å². The Morgan fingerprint density at radius 1 is 1.09 bits per heavy atom. The van der Waals surface area contributed by atoms with Crippen molar-refractivity contribution >= 4 is 29.9 Å². The summed E-state index contributed by atoms with van der Waals surface area (Å²) in [6.07, 6.45) is 1.12. The number of hydrogen-bond donors (Lipinski definition) is 1. The summed E-state index contributed by atoms with van der Waals surface area (Å²) in [5.41, 5.74) is 5.73. The Labute approximate surface area is 214 Å². The van der Waals surface area contributed by atoms with Crippen molar-refractivity contribution in [2.24, 2.45) is 10.9 Å². The monoisotopic (exact) mass is 559 g/mol. The molecule has 0 saturated carbocycles. The lowest BCUT2D eigenvalue weighted by Crippen LogP contribution is -2.40. The molecule has 3 aromatic rings. The first-order chi connectivity index (χ1) is 15.7. The number of benzene rings is 2.